The molecule has 3 aromatic rings. The molecule has 1 unspecified atom stereocenters. The Kier molecular flexibility index (Phi) is 8.15. The normalized spacial score (nSPS) is 20.3. The molecule has 5 nitrogen and oxygen atoms in total. The number of anilines is 1. The highest BCUT2D eigenvalue weighted by molar-refractivity contribution is 6.30. The van der Waals surface area contributed by atoms with Gasteiger partial charge in [-0.25, -0.2) is 0 Å². The second-order valence-electron chi connectivity index (χ2n) is 10.7. The molecule has 1 fully saturated rings. The summed E-state index contributed by atoms with van der Waals surface area (Å²) in [7, 11) is 1.91. The molecule has 1 heterocycles. The third-order valence-electron chi connectivity index (χ3n) is 8.39. The van der Waals surface area contributed by atoms with Crippen molar-refractivity contribution in [2.24, 2.45) is 0 Å². The minimum absolute atomic E-state index is 0.0334. The van der Waals surface area contributed by atoms with Crippen LogP contribution in [-0.2, 0) is 17.8 Å². The molecule has 1 aliphatic heterocycles. The number of nitrogens with one attached hydrogen (secondary N) is 1. The van der Waals surface area contributed by atoms with E-state index in [4.69, 9.17) is 11.6 Å². The van der Waals surface area contributed by atoms with Crippen LogP contribution in [0.5, 0.6) is 0 Å². The van der Waals surface area contributed by atoms with Crippen molar-refractivity contribution in [3.05, 3.63) is 100 Å². The lowest BCUT2D eigenvalue weighted by Gasteiger charge is -2.35. The number of benzene rings is 3. The van der Waals surface area contributed by atoms with Gasteiger partial charge in [-0.2, -0.15) is 0 Å². The van der Waals surface area contributed by atoms with Gasteiger partial charge in [0.05, 0.1) is 6.04 Å². The van der Waals surface area contributed by atoms with Gasteiger partial charge in [-0.1, -0.05) is 48.0 Å². The van der Waals surface area contributed by atoms with Crippen LogP contribution in [0.3, 0.4) is 0 Å². The van der Waals surface area contributed by atoms with Crippen molar-refractivity contribution in [2.45, 2.75) is 63.6 Å². The Bertz CT molecular complexity index is 1270. The van der Waals surface area contributed by atoms with E-state index in [1.54, 1.807) is 24.3 Å². The molecule has 0 bridgehead atoms. The number of fused-ring (bicyclic) bond motifs is 1. The van der Waals surface area contributed by atoms with Crippen molar-refractivity contribution in [3.8, 4) is 0 Å². The topological polar surface area (TPSA) is 52.7 Å². The summed E-state index contributed by atoms with van der Waals surface area (Å²) in [6, 6.07) is 24.0. The number of amides is 2. The fourth-order valence-corrected chi connectivity index (χ4v) is 5.98. The maximum Gasteiger partial charge on any atom is 0.253 e. The summed E-state index contributed by atoms with van der Waals surface area (Å²) in [6.45, 7) is 3.70. The molecule has 1 atom stereocenters. The number of hydrogen-bond acceptors (Lipinski definition) is 3. The maximum atomic E-state index is 13.0. The Hall–Kier alpha value is -3.15. The zero-order chi connectivity index (χ0) is 26.6. The molecule has 198 valence electrons. The number of nitrogens with zero attached hydrogens (tertiary/aromatic N) is 2. The molecule has 2 amide bonds. The summed E-state index contributed by atoms with van der Waals surface area (Å²) in [4.78, 5) is 30.0. The van der Waals surface area contributed by atoms with Gasteiger partial charge in [-0.3, -0.25) is 14.5 Å². The van der Waals surface area contributed by atoms with Gasteiger partial charge in [-0.05, 0) is 98.0 Å². The van der Waals surface area contributed by atoms with E-state index >= 15 is 0 Å². The number of halogens is 1. The van der Waals surface area contributed by atoms with Crippen molar-refractivity contribution in [1.82, 2.24) is 9.80 Å². The first-order valence-corrected chi connectivity index (χ1v) is 14.0. The minimum atomic E-state index is -0.189. The van der Waals surface area contributed by atoms with Gasteiger partial charge in [0, 0.05) is 42.5 Å². The number of carbonyl (C=O) groups is 2. The average Bonchev–Trinajstić information content (AvgIpc) is 2.96. The van der Waals surface area contributed by atoms with E-state index in [0.29, 0.717) is 16.5 Å². The molecule has 1 aliphatic carbocycles. The summed E-state index contributed by atoms with van der Waals surface area (Å²) >= 11 is 5.97. The largest absolute Gasteiger partial charge is 0.339 e. The van der Waals surface area contributed by atoms with Gasteiger partial charge < -0.3 is 10.2 Å². The quantitative estimate of drug-likeness (QED) is 0.395. The van der Waals surface area contributed by atoms with E-state index in [1.165, 1.54) is 16.7 Å². The van der Waals surface area contributed by atoms with Crippen LogP contribution >= 0.6 is 11.6 Å². The molecule has 2 aliphatic rings. The molecule has 0 radical (unpaired) electrons. The van der Waals surface area contributed by atoms with E-state index in [-0.39, 0.29) is 23.9 Å². The molecule has 6 heteroatoms. The maximum absolute atomic E-state index is 13.0. The fourth-order valence-electron chi connectivity index (χ4n) is 5.86. The van der Waals surface area contributed by atoms with E-state index in [2.05, 4.69) is 46.6 Å². The van der Waals surface area contributed by atoms with Crippen LogP contribution in [0, 0.1) is 0 Å². The summed E-state index contributed by atoms with van der Waals surface area (Å²) in [5, 5.41) is 3.75. The summed E-state index contributed by atoms with van der Waals surface area (Å²) in [5.41, 5.74) is 5.52. The molecular weight excluding hydrogens is 494 g/mol. The van der Waals surface area contributed by atoms with Crippen molar-refractivity contribution >= 4 is 29.1 Å². The lowest BCUT2D eigenvalue weighted by Crippen LogP contribution is -2.44. The molecule has 0 saturated heterocycles. The minimum Gasteiger partial charge on any atom is -0.339 e. The Morgan fingerprint density at radius 1 is 0.921 bits per heavy atom. The molecule has 0 aromatic heterocycles. The van der Waals surface area contributed by atoms with Gasteiger partial charge in [-0.15, -0.1) is 0 Å². The predicted octanol–water partition coefficient (Wildman–Crippen LogP) is 6.52. The van der Waals surface area contributed by atoms with Crippen LogP contribution in [0.25, 0.3) is 0 Å². The highest BCUT2D eigenvalue weighted by atomic mass is 35.5. The van der Waals surface area contributed by atoms with Crippen LogP contribution in [0.2, 0.25) is 5.02 Å². The second kappa shape index (κ2) is 11.7. The lowest BCUT2D eigenvalue weighted by molar-refractivity contribution is -0.121. The summed E-state index contributed by atoms with van der Waals surface area (Å²) < 4.78 is 0. The van der Waals surface area contributed by atoms with Crippen LogP contribution in [0.1, 0.15) is 65.6 Å². The molecular formula is C32H36ClN3O2. The van der Waals surface area contributed by atoms with Gasteiger partial charge in [0.1, 0.15) is 0 Å². The van der Waals surface area contributed by atoms with Crippen LogP contribution in [-0.4, -0.2) is 47.3 Å². The Labute approximate surface area is 230 Å². The highest BCUT2D eigenvalue weighted by Gasteiger charge is 2.28. The van der Waals surface area contributed by atoms with Crippen LogP contribution in [0.15, 0.2) is 72.8 Å². The summed E-state index contributed by atoms with van der Waals surface area (Å²) in [6.07, 6.45) is 5.03. The van der Waals surface area contributed by atoms with E-state index < -0.39 is 0 Å². The van der Waals surface area contributed by atoms with E-state index in [0.717, 1.165) is 50.9 Å². The number of hydrogen-bond donors (Lipinski definition) is 1. The van der Waals surface area contributed by atoms with Crippen molar-refractivity contribution in [1.29, 1.82) is 0 Å². The summed E-state index contributed by atoms with van der Waals surface area (Å²) in [5.74, 6) is 0.557. The number of rotatable bonds is 6. The first kappa shape index (κ1) is 26.5. The van der Waals surface area contributed by atoms with Gasteiger partial charge in [0.15, 0.2) is 0 Å². The van der Waals surface area contributed by atoms with Crippen molar-refractivity contribution in [3.63, 3.8) is 0 Å². The van der Waals surface area contributed by atoms with E-state index in [1.807, 2.05) is 31.0 Å². The van der Waals surface area contributed by atoms with Crippen molar-refractivity contribution < 1.29 is 9.59 Å². The van der Waals surface area contributed by atoms with E-state index in [9.17, 15) is 9.59 Å². The molecule has 38 heavy (non-hydrogen) atoms. The Balaban J connectivity index is 1.12. The Morgan fingerprint density at radius 3 is 2.26 bits per heavy atom. The molecule has 1 saturated carbocycles. The van der Waals surface area contributed by atoms with Gasteiger partial charge in [0.25, 0.3) is 5.91 Å². The van der Waals surface area contributed by atoms with Crippen LogP contribution in [0.4, 0.5) is 5.69 Å². The smallest absolute Gasteiger partial charge is 0.253 e. The third kappa shape index (κ3) is 5.95. The first-order chi connectivity index (χ1) is 18.4. The van der Waals surface area contributed by atoms with Gasteiger partial charge >= 0.3 is 0 Å². The zero-order valence-electron chi connectivity index (χ0n) is 22.2. The molecule has 1 N–H and O–H groups in total. The standard InChI is InChI=1S/C32H36ClN3O2/c1-22(36-20-19-23-5-3-4-6-27(23)21-36)31(37)34-29-15-9-24(10-16-29)25-11-17-30(18-12-25)35(2)32(38)26-7-13-28(33)14-8-26/h3-10,13-16,22,25,30H,11-12,17-21H2,1-2H3,(H,34,37). The molecule has 5 rings (SSSR count). The SMILES string of the molecule is CC(C(=O)Nc1ccc(C2CCC(N(C)C(=O)c3ccc(Cl)cc3)CC2)cc1)N1CCc2ccccc2C1. The van der Waals surface area contributed by atoms with Gasteiger partial charge in [0.2, 0.25) is 5.91 Å². The predicted molar refractivity (Wildman–Crippen MR) is 154 cm³/mol. The monoisotopic (exact) mass is 529 g/mol. The average molecular weight is 530 g/mol. The highest BCUT2D eigenvalue weighted by Crippen LogP contribution is 2.35. The number of carbonyl (C=O) groups excluding carboxylic acids is 2. The Morgan fingerprint density at radius 2 is 1.58 bits per heavy atom. The van der Waals surface area contributed by atoms with Crippen molar-refractivity contribution in [2.75, 3.05) is 18.9 Å². The lowest BCUT2D eigenvalue weighted by atomic mass is 9.81. The first-order valence-electron chi connectivity index (χ1n) is 13.6. The van der Waals surface area contributed by atoms with Crippen LogP contribution < -0.4 is 5.32 Å². The second-order valence-corrected chi connectivity index (χ2v) is 11.1. The molecule has 0 spiro atoms. The fraction of sp³-hybridized carbons (Fsp3) is 0.375. The molecule has 3 aromatic carbocycles. The zero-order valence-corrected chi connectivity index (χ0v) is 23.0. The third-order valence-corrected chi connectivity index (χ3v) is 8.64.